The van der Waals surface area contributed by atoms with Crippen molar-refractivity contribution in [1.29, 1.82) is 0 Å². The number of likely N-dealkylation sites (tertiary alicyclic amines) is 1. The Kier molecular flexibility index (Phi) is 6.00. The second-order valence-corrected chi connectivity index (χ2v) is 6.56. The van der Waals surface area contributed by atoms with Gasteiger partial charge in [-0.3, -0.25) is 4.79 Å². The van der Waals surface area contributed by atoms with Crippen LogP contribution in [0.15, 0.2) is 12.7 Å². The largest absolute Gasteiger partial charge is 0.465 e. The zero-order chi connectivity index (χ0) is 17.0. The average Bonchev–Trinajstić information content (AvgIpc) is 2.39. The van der Waals surface area contributed by atoms with Gasteiger partial charge in [-0.1, -0.05) is 6.08 Å². The molecule has 0 aromatic heterocycles. The van der Waals surface area contributed by atoms with E-state index >= 15 is 0 Å². The van der Waals surface area contributed by atoms with Crippen molar-refractivity contribution >= 4 is 12.1 Å². The Morgan fingerprint density at radius 3 is 2.55 bits per heavy atom. The summed E-state index contributed by atoms with van der Waals surface area (Å²) in [5, 5.41) is 10.5. The van der Waals surface area contributed by atoms with Gasteiger partial charge in [-0.05, 0) is 40.5 Å². The molecule has 1 rings (SSSR count). The van der Waals surface area contributed by atoms with Gasteiger partial charge in [-0.25, -0.2) is 4.79 Å². The third-order valence-electron chi connectivity index (χ3n) is 3.70. The molecule has 22 heavy (non-hydrogen) atoms. The Bertz CT molecular complexity index is 429. The summed E-state index contributed by atoms with van der Waals surface area (Å²) in [4.78, 5) is 25.8. The number of carbonyl (C=O) groups is 2. The molecule has 126 valence electrons. The predicted octanol–water partition coefficient (Wildman–Crippen LogP) is 2.11. The van der Waals surface area contributed by atoms with E-state index in [1.54, 1.807) is 33.8 Å². The molecule has 1 amide bonds. The molecule has 0 bridgehead atoms. The van der Waals surface area contributed by atoms with Crippen LogP contribution in [0.3, 0.4) is 0 Å². The topological polar surface area (TPSA) is 76.1 Å². The Balaban J connectivity index is 2.83. The van der Waals surface area contributed by atoms with Crippen LogP contribution in [0.5, 0.6) is 0 Å². The number of carbonyl (C=O) groups excluding carboxylic acids is 2. The van der Waals surface area contributed by atoms with E-state index in [-0.39, 0.29) is 13.2 Å². The molecule has 1 fully saturated rings. The van der Waals surface area contributed by atoms with E-state index in [2.05, 4.69) is 6.58 Å². The molecular weight excluding hydrogens is 286 g/mol. The number of aliphatic hydroxyl groups excluding tert-OH is 1. The molecule has 1 saturated heterocycles. The average molecular weight is 313 g/mol. The summed E-state index contributed by atoms with van der Waals surface area (Å²) in [6.07, 6.45) is 0.741. The van der Waals surface area contributed by atoms with Crippen molar-refractivity contribution < 1.29 is 24.2 Å². The summed E-state index contributed by atoms with van der Waals surface area (Å²) in [6, 6.07) is 0. The van der Waals surface area contributed by atoms with Gasteiger partial charge in [0.25, 0.3) is 0 Å². The van der Waals surface area contributed by atoms with Crippen molar-refractivity contribution in [3.05, 3.63) is 12.7 Å². The monoisotopic (exact) mass is 313 g/mol. The van der Waals surface area contributed by atoms with Crippen molar-refractivity contribution in [1.82, 2.24) is 4.90 Å². The number of ether oxygens (including phenoxy) is 2. The summed E-state index contributed by atoms with van der Waals surface area (Å²) in [5.74, 6) is -0.439. The van der Waals surface area contributed by atoms with Crippen LogP contribution < -0.4 is 0 Å². The molecule has 0 radical (unpaired) electrons. The first-order valence-corrected chi connectivity index (χ1v) is 7.60. The lowest BCUT2D eigenvalue weighted by molar-refractivity contribution is -0.168. The smallest absolute Gasteiger partial charge is 0.410 e. The van der Waals surface area contributed by atoms with Gasteiger partial charge in [0.2, 0.25) is 0 Å². The summed E-state index contributed by atoms with van der Waals surface area (Å²) in [7, 11) is 0. The van der Waals surface area contributed by atoms with Gasteiger partial charge < -0.3 is 19.5 Å². The Labute approximate surface area is 132 Å². The van der Waals surface area contributed by atoms with Gasteiger partial charge in [0.05, 0.1) is 19.3 Å². The Morgan fingerprint density at radius 1 is 1.45 bits per heavy atom. The number of allylic oxidation sites excluding steroid dienone is 1. The van der Waals surface area contributed by atoms with E-state index in [0.29, 0.717) is 19.4 Å². The number of hydrogen-bond acceptors (Lipinski definition) is 5. The van der Waals surface area contributed by atoms with Crippen LogP contribution in [0.1, 0.15) is 40.5 Å². The lowest BCUT2D eigenvalue weighted by Gasteiger charge is -2.43. The first kappa shape index (κ1) is 18.5. The summed E-state index contributed by atoms with van der Waals surface area (Å²) in [6.45, 7) is 11.4. The third-order valence-corrected chi connectivity index (χ3v) is 3.70. The normalized spacial score (nSPS) is 25.5. The molecule has 1 heterocycles. The highest BCUT2D eigenvalue weighted by Gasteiger charge is 2.49. The van der Waals surface area contributed by atoms with E-state index in [9.17, 15) is 14.7 Å². The van der Waals surface area contributed by atoms with Crippen LogP contribution in [0.2, 0.25) is 0 Å². The van der Waals surface area contributed by atoms with Gasteiger partial charge in [0, 0.05) is 6.54 Å². The fraction of sp³-hybridized carbons (Fsp3) is 0.750. The van der Waals surface area contributed by atoms with E-state index < -0.39 is 29.2 Å². The van der Waals surface area contributed by atoms with Crippen LogP contribution in [0.4, 0.5) is 4.79 Å². The fourth-order valence-corrected chi connectivity index (χ4v) is 2.56. The minimum absolute atomic E-state index is 0.0432. The van der Waals surface area contributed by atoms with Crippen LogP contribution in [0, 0.1) is 5.41 Å². The molecule has 0 aromatic rings. The van der Waals surface area contributed by atoms with Gasteiger partial charge in [0.15, 0.2) is 0 Å². The minimum Gasteiger partial charge on any atom is -0.465 e. The summed E-state index contributed by atoms with van der Waals surface area (Å²) < 4.78 is 10.4. The molecule has 0 spiro atoms. The fourth-order valence-electron chi connectivity index (χ4n) is 2.56. The molecule has 1 aliphatic rings. The standard InChI is InChI=1S/C16H27NO5/c1-6-8-16(13(19)21-7-2)9-10-17(11-12(16)18)14(20)22-15(3,4)5/h6,12,18H,1,7-11H2,2-5H3. The highest BCUT2D eigenvalue weighted by Crippen LogP contribution is 2.37. The predicted molar refractivity (Wildman–Crippen MR) is 82.3 cm³/mol. The van der Waals surface area contributed by atoms with Crippen molar-refractivity contribution in [2.24, 2.45) is 5.41 Å². The number of amides is 1. The Hall–Kier alpha value is -1.56. The first-order chi connectivity index (χ1) is 10.2. The van der Waals surface area contributed by atoms with E-state index in [4.69, 9.17) is 9.47 Å². The molecule has 0 aromatic carbocycles. The molecule has 6 heteroatoms. The second-order valence-electron chi connectivity index (χ2n) is 6.56. The van der Waals surface area contributed by atoms with Gasteiger partial charge in [0.1, 0.15) is 11.0 Å². The van der Waals surface area contributed by atoms with E-state index in [1.165, 1.54) is 4.90 Å². The summed E-state index contributed by atoms with van der Waals surface area (Å²) >= 11 is 0. The number of piperidine rings is 1. The van der Waals surface area contributed by atoms with Gasteiger partial charge in [-0.15, -0.1) is 6.58 Å². The molecule has 0 aliphatic carbocycles. The number of aliphatic hydroxyl groups is 1. The van der Waals surface area contributed by atoms with Crippen molar-refractivity contribution in [3.8, 4) is 0 Å². The van der Waals surface area contributed by atoms with E-state index in [1.807, 2.05) is 0 Å². The maximum atomic E-state index is 12.3. The molecule has 0 saturated carbocycles. The number of esters is 1. The van der Waals surface area contributed by atoms with Crippen molar-refractivity contribution in [2.75, 3.05) is 19.7 Å². The lowest BCUT2D eigenvalue weighted by Crippen LogP contribution is -2.56. The quantitative estimate of drug-likeness (QED) is 0.635. The van der Waals surface area contributed by atoms with Crippen LogP contribution in [0.25, 0.3) is 0 Å². The second kappa shape index (κ2) is 7.13. The van der Waals surface area contributed by atoms with Crippen molar-refractivity contribution in [3.63, 3.8) is 0 Å². The molecule has 6 nitrogen and oxygen atoms in total. The zero-order valence-electron chi connectivity index (χ0n) is 13.9. The van der Waals surface area contributed by atoms with E-state index in [0.717, 1.165) is 0 Å². The van der Waals surface area contributed by atoms with Gasteiger partial charge in [-0.2, -0.15) is 0 Å². The van der Waals surface area contributed by atoms with Crippen LogP contribution in [-0.2, 0) is 14.3 Å². The summed E-state index contributed by atoms with van der Waals surface area (Å²) in [5.41, 5.74) is -1.63. The van der Waals surface area contributed by atoms with Gasteiger partial charge >= 0.3 is 12.1 Å². The maximum Gasteiger partial charge on any atom is 0.410 e. The Morgan fingerprint density at radius 2 is 2.09 bits per heavy atom. The zero-order valence-corrected chi connectivity index (χ0v) is 13.9. The maximum absolute atomic E-state index is 12.3. The minimum atomic E-state index is -1.03. The third kappa shape index (κ3) is 4.22. The van der Waals surface area contributed by atoms with Crippen LogP contribution >= 0.6 is 0 Å². The first-order valence-electron chi connectivity index (χ1n) is 7.60. The highest BCUT2D eigenvalue weighted by atomic mass is 16.6. The molecule has 2 atom stereocenters. The number of β-amino-alcohol motifs (C(OH)–C–C–N with tert-alkyl or cyclic N) is 1. The number of hydrogen-bond donors (Lipinski definition) is 1. The highest BCUT2D eigenvalue weighted by molar-refractivity contribution is 5.79. The number of rotatable bonds is 4. The van der Waals surface area contributed by atoms with Crippen LogP contribution in [-0.4, -0.2) is 53.5 Å². The molecule has 2 unspecified atom stereocenters. The molecular formula is C16H27NO5. The molecule has 1 N–H and O–H groups in total. The SMILES string of the molecule is C=CCC1(C(=O)OCC)CCN(C(=O)OC(C)(C)C)CC1O. The lowest BCUT2D eigenvalue weighted by atomic mass is 9.73. The van der Waals surface area contributed by atoms with Crippen molar-refractivity contribution in [2.45, 2.75) is 52.2 Å². The number of nitrogens with zero attached hydrogens (tertiary/aromatic N) is 1. The molecule has 1 aliphatic heterocycles.